The lowest BCUT2D eigenvalue weighted by Crippen LogP contribution is -2.28. The number of carbonyl (C=O) groups excluding carboxylic acids is 1. The standard InChI is InChI=1S/C16H11BrFNO3S/c17-10-6-14-13(21-8-22-14)5-9(10)16-19(15(20)7-23-16)12-4-2-1-3-11(12)18/h1-6,16H,7-8H2. The Balaban J connectivity index is 1.79. The summed E-state index contributed by atoms with van der Waals surface area (Å²) in [7, 11) is 0. The van der Waals surface area contributed by atoms with Crippen LogP contribution in [0.25, 0.3) is 0 Å². The summed E-state index contributed by atoms with van der Waals surface area (Å²) in [5.41, 5.74) is 1.14. The van der Waals surface area contributed by atoms with E-state index in [-0.39, 0.29) is 23.8 Å². The zero-order valence-electron chi connectivity index (χ0n) is 11.8. The number of carbonyl (C=O) groups is 1. The highest BCUT2D eigenvalue weighted by Gasteiger charge is 2.37. The molecule has 1 amide bonds. The van der Waals surface area contributed by atoms with Crippen LogP contribution in [0.2, 0.25) is 0 Å². The second-order valence-corrected chi connectivity index (χ2v) is 7.03. The van der Waals surface area contributed by atoms with E-state index in [1.165, 1.54) is 22.7 Å². The highest BCUT2D eigenvalue weighted by Crippen LogP contribution is 2.48. The Morgan fingerprint density at radius 3 is 2.74 bits per heavy atom. The monoisotopic (exact) mass is 395 g/mol. The quantitative estimate of drug-likeness (QED) is 0.767. The van der Waals surface area contributed by atoms with E-state index in [2.05, 4.69) is 15.9 Å². The first-order chi connectivity index (χ1) is 11.1. The molecule has 0 N–H and O–H groups in total. The largest absolute Gasteiger partial charge is 0.454 e. The first-order valence-electron chi connectivity index (χ1n) is 6.92. The molecule has 0 bridgehead atoms. The van der Waals surface area contributed by atoms with Crippen molar-refractivity contribution in [2.24, 2.45) is 0 Å². The molecule has 1 saturated heterocycles. The second kappa shape index (κ2) is 5.72. The number of hydrogen-bond acceptors (Lipinski definition) is 4. The highest BCUT2D eigenvalue weighted by molar-refractivity contribution is 9.10. The van der Waals surface area contributed by atoms with E-state index in [0.717, 1.165) is 10.0 Å². The molecule has 0 aromatic heterocycles. The maximum Gasteiger partial charge on any atom is 0.238 e. The molecule has 2 aliphatic rings. The molecule has 7 heteroatoms. The minimum atomic E-state index is -0.412. The summed E-state index contributed by atoms with van der Waals surface area (Å²) in [6, 6.07) is 9.97. The van der Waals surface area contributed by atoms with Crippen molar-refractivity contribution in [2.75, 3.05) is 17.4 Å². The van der Waals surface area contributed by atoms with Gasteiger partial charge in [0.15, 0.2) is 11.5 Å². The van der Waals surface area contributed by atoms with Gasteiger partial charge < -0.3 is 9.47 Å². The van der Waals surface area contributed by atoms with Crippen molar-refractivity contribution in [3.05, 3.63) is 52.3 Å². The number of para-hydroxylation sites is 1. The van der Waals surface area contributed by atoms with Gasteiger partial charge in [-0.05, 0) is 24.3 Å². The van der Waals surface area contributed by atoms with E-state index < -0.39 is 5.82 Å². The molecule has 1 atom stereocenters. The number of rotatable bonds is 2. The van der Waals surface area contributed by atoms with Gasteiger partial charge in [0.25, 0.3) is 0 Å². The SMILES string of the molecule is O=C1CSC(c2cc3c(cc2Br)OCO3)N1c1ccccc1F. The lowest BCUT2D eigenvalue weighted by Gasteiger charge is -2.25. The van der Waals surface area contributed by atoms with E-state index in [9.17, 15) is 9.18 Å². The molecule has 23 heavy (non-hydrogen) atoms. The van der Waals surface area contributed by atoms with Gasteiger partial charge in [-0.1, -0.05) is 28.1 Å². The average Bonchev–Trinajstić information content (AvgIpc) is 3.13. The lowest BCUT2D eigenvalue weighted by atomic mass is 10.1. The number of thioether (sulfide) groups is 1. The predicted octanol–water partition coefficient (Wildman–Crippen LogP) is 4.10. The van der Waals surface area contributed by atoms with Crippen LogP contribution in [0.15, 0.2) is 40.9 Å². The van der Waals surface area contributed by atoms with Crippen LogP contribution in [-0.2, 0) is 4.79 Å². The molecule has 0 aliphatic carbocycles. The van der Waals surface area contributed by atoms with Crippen LogP contribution in [0.5, 0.6) is 11.5 Å². The van der Waals surface area contributed by atoms with Gasteiger partial charge in [0.2, 0.25) is 12.7 Å². The number of benzene rings is 2. The smallest absolute Gasteiger partial charge is 0.238 e. The predicted molar refractivity (Wildman–Crippen MR) is 89.4 cm³/mol. The Morgan fingerprint density at radius 2 is 1.96 bits per heavy atom. The summed E-state index contributed by atoms with van der Waals surface area (Å²) in [5, 5.41) is -0.316. The lowest BCUT2D eigenvalue weighted by molar-refractivity contribution is -0.115. The van der Waals surface area contributed by atoms with Crippen molar-refractivity contribution in [3.63, 3.8) is 0 Å². The third kappa shape index (κ3) is 2.48. The molecular formula is C16H11BrFNO3S. The summed E-state index contributed by atoms with van der Waals surface area (Å²) in [5.74, 6) is 1.07. The van der Waals surface area contributed by atoms with E-state index in [4.69, 9.17) is 9.47 Å². The molecule has 1 unspecified atom stereocenters. The van der Waals surface area contributed by atoms with Gasteiger partial charge in [0.1, 0.15) is 11.2 Å². The Bertz CT molecular complexity index is 801. The molecule has 1 fully saturated rings. The van der Waals surface area contributed by atoms with Crippen LogP contribution in [0.3, 0.4) is 0 Å². The molecule has 4 nitrogen and oxygen atoms in total. The van der Waals surface area contributed by atoms with Crippen LogP contribution in [-0.4, -0.2) is 18.5 Å². The second-order valence-electron chi connectivity index (χ2n) is 5.11. The fourth-order valence-electron chi connectivity index (χ4n) is 2.68. The number of ether oxygens (including phenoxy) is 2. The Hall–Kier alpha value is -1.73. The van der Waals surface area contributed by atoms with Gasteiger partial charge in [-0.2, -0.15) is 0 Å². The van der Waals surface area contributed by atoms with E-state index >= 15 is 0 Å². The van der Waals surface area contributed by atoms with Gasteiger partial charge >= 0.3 is 0 Å². The maximum absolute atomic E-state index is 14.2. The van der Waals surface area contributed by atoms with Gasteiger partial charge in [0.05, 0.1) is 11.4 Å². The van der Waals surface area contributed by atoms with E-state index in [1.54, 1.807) is 18.2 Å². The zero-order chi connectivity index (χ0) is 16.0. The summed E-state index contributed by atoms with van der Waals surface area (Å²) in [6.45, 7) is 0.180. The molecular weight excluding hydrogens is 385 g/mol. The Kier molecular flexibility index (Phi) is 3.69. The first kappa shape index (κ1) is 14.8. The third-order valence-corrected chi connectivity index (χ3v) is 5.62. The number of nitrogens with zero attached hydrogens (tertiary/aromatic N) is 1. The van der Waals surface area contributed by atoms with Gasteiger partial charge in [0, 0.05) is 10.0 Å². The molecule has 118 valence electrons. The van der Waals surface area contributed by atoms with Crippen LogP contribution in [0.4, 0.5) is 10.1 Å². The molecule has 2 aliphatic heterocycles. The number of hydrogen-bond donors (Lipinski definition) is 0. The molecule has 0 spiro atoms. The van der Waals surface area contributed by atoms with Gasteiger partial charge in [-0.25, -0.2) is 4.39 Å². The van der Waals surface area contributed by atoms with Crippen molar-refractivity contribution in [3.8, 4) is 11.5 Å². The van der Waals surface area contributed by atoms with Crippen LogP contribution in [0, 0.1) is 5.82 Å². The summed E-state index contributed by atoms with van der Waals surface area (Å²) >= 11 is 4.98. The fourth-order valence-corrected chi connectivity index (χ4v) is 4.57. The van der Waals surface area contributed by atoms with Crippen LogP contribution < -0.4 is 14.4 Å². The Morgan fingerprint density at radius 1 is 1.22 bits per heavy atom. The maximum atomic E-state index is 14.2. The fraction of sp³-hybridized carbons (Fsp3) is 0.188. The molecule has 0 saturated carbocycles. The summed E-state index contributed by atoms with van der Waals surface area (Å²) < 4.78 is 25.7. The average molecular weight is 396 g/mol. The minimum Gasteiger partial charge on any atom is -0.454 e. The highest BCUT2D eigenvalue weighted by atomic mass is 79.9. The molecule has 0 radical (unpaired) electrons. The topological polar surface area (TPSA) is 38.8 Å². The van der Waals surface area contributed by atoms with Crippen LogP contribution in [0.1, 0.15) is 10.9 Å². The van der Waals surface area contributed by atoms with E-state index in [0.29, 0.717) is 17.3 Å². The van der Waals surface area contributed by atoms with Gasteiger partial charge in [-0.15, -0.1) is 11.8 Å². The van der Waals surface area contributed by atoms with Crippen molar-refractivity contribution < 1.29 is 18.7 Å². The third-order valence-electron chi connectivity index (χ3n) is 3.74. The molecule has 4 rings (SSSR count). The zero-order valence-corrected chi connectivity index (χ0v) is 14.2. The summed E-state index contributed by atoms with van der Waals surface area (Å²) in [6.07, 6.45) is 0. The number of amides is 1. The number of halogens is 2. The first-order valence-corrected chi connectivity index (χ1v) is 8.76. The van der Waals surface area contributed by atoms with Crippen molar-refractivity contribution >= 4 is 39.3 Å². The van der Waals surface area contributed by atoms with Crippen molar-refractivity contribution in [2.45, 2.75) is 5.37 Å². The number of anilines is 1. The normalized spacial score (nSPS) is 19.5. The number of fused-ring (bicyclic) bond motifs is 1. The van der Waals surface area contributed by atoms with Gasteiger partial charge in [-0.3, -0.25) is 9.69 Å². The van der Waals surface area contributed by atoms with Crippen LogP contribution >= 0.6 is 27.7 Å². The summed E-state index contributed by atoms with van der Waals surface area (Å²) in [4.78, 5) is 13.8. The molecule has 2 aromatic carbocycles. The minimum absolute atomic E-state index is 0.116. The molecule has 2 aromatic rings. The van der Waals surface area contributed by atoms with Crippen molar-refractivity contribution in [1.82, 2.24) is 0 Å². The molecule has 2 heterocycles. The van der Waals surface area contributed by atoms with E-state index in [1.807, 2.05) is 12.1 Å². The Labute approximate surface area is 144 Å². The van der Waals surface area contributed by atoms with Crippen molar-refractivity contribution in [1.29, 1.82) is 0 Å².